The number of hydrogen-bond acceptors (Lipinski definition) is 3. The smallest absolute Gasteiger partial charge is 0.392 e. The van der Waals surface area contributed by atoms with Crippen molar-refractivity contribution in [2.75, 3.05) is 19.8 Å². The molecule has 1 fully saturated rings. The predicted octanol–water partition coefficient (Wildman–Crippen LogP) is 2.69. The molecule has 17 heavy (non-hydrogen) atoms. The third kappa shape index (κ3) is 7.20. The zero-order chi connectivity index (χ0) is 12.7. The molecule has 0 aromatic heterocycles. The number of carbonyl (C=O) groups is 1. The van der Waals surface area contributed by atoms with Gasteiger partial charge in [-0.15, -0.1) is 0 Å². The highest BCUT2D eigenvalue weighted by Gasteiger charge is 2.27. The molecule has 0 atom stereocenters. The number of rotatable bonds is 5. The Balaban J connectivity index is 2.04. The normalized spacial score (nSPS) is 18.1. The van der Waals surface area contributed by atoms with Crippen molar-refractivity contribution in [2.45, 2.75) is 38.3 Å². The summed E-state index contributed by atoms with van der Waals surface area (Å²) in [5.74, 6) is -0.111. The summed E-state index contributed by atoms with van der Waals surface area (Å²) in [6.07, 6.45) is -2.64. The van der Waals surface area contributed by atoms with Crippen LogP contribution in [0.5, 0.6) is 0 Å². The Bertz CT molecular complexity index is 235. The minimum atomic E-state index is -4.26. The Morgan fingerprint density at radius 3 is 2.53 bits per heavy atom. The number of carbonyl (C=O) groups excluding carboxylic acids is 1. The molecule has 1 aliphatic rings. The Labute approximate surface area is 98.3 Å². The van der Waals surface area contributed by atoms with E-state index in [1.54, 1.807) is 0 Å². The number of alkyl halides is 3. The van der Waals surface area contributed by atoms with Crippen LogP contribution >= 0.6 is 0 Å². The molecule has 6 heteroatoms. The molecule has 0 spiro atoms. The highest BCUT2D eigenvalue weighted by Crippen LogP contribution is 2.21. The molecule has 0 saturated carbocycles. The first-order chi connectivity index (χ1) is 7.97. The Morgan fingerprint density at radius 2 is 1.94 bits per heavy atom. The first kappa shape index (κ1) is 14.3. The van der Waals surface area contributed by atoms with Gasteiger partial charge in [0.2, 0.25) is 0 Å². The molecular formula is C11H17F3O3. The van der Waals surface area contributed by atoms with Crippen LogP contribution in [-0.4, -0.2) is 32.0 Å². The van der Waals surface area contributed by atoms with Gasteiger partial charge >= 0.3 is 12.1 Å². The summed E-state index contributed by atoms with van der Waals surface area (Å²) in [4.78, 5) is 11.2. The molecule has 0 aliphatic carbocycles. The van der Waals surface area contributed by atoms with Gasteiger partial charge in [0.1, 0.15) is 0 Å². The minimum Gasteiger partial charge on any atom is -0.465 e. The number of esters is 1. The van der Waals surface area contributed by atoms with Gasteiger partial charge in [-0.2, -0.15) is 13.2 Å². The lowest BCUT2D eigenvalue weighted by atomic mass is 9.95. The predicted molar refractivity (Wildman–Crippen MR) is 54.4 cm³/mol. The van der Waals surface area contributed by atoms with E-state index >= 15 is 0 Å². The summed E-state index contributed by atoms with van der Waals surface area (Å²) < 4.78 is 45.0. The topological polar surface area (TPSA) is 35.5 Å². The molecule has 1 saturated heterocycles. The summed E-state index contributed by atoms with van der Waals surface area (Å²) >= 11 is 0. The summed E-state index contributed by atoms with van der Waals surface area (Å²) in [7, 11) is 0. The lowest BCUT2D eigenvalue weighted by molar-refractivity contribution is -0.159. The maximum Gasteiger partial charge on any atom is 0.392 e. The van der Waals surface area contributed by atoms with E-state index in [4.69, 9.17) is 4.74 Å². The van der Waals surface area contributed by atoms with E-state index in [2.05, 4.69) is 4.74 Å². The van der Waals surface area contributed by atoms with Crippen LogP contribution in [0.15, 0.2) is 0 Å². The van der Waals surface area contributed by atoms with E-state index in [0.717, 1.165) is 12.8 Å². The SMILES string of the molecule is O=C(CCC1CCOCC1)OCCC(F)(F)F. The monoisotopic (exact) mass is 254 g/mol. The van der Waals surface area contributed by atoms with Crippen LogP contribution in [0.4, 0.5) is 13.2 Å². The van der Waals surface area contributed by atoms with Gasteiger partial charge in [-0.05, 0) is 25.2 Å². The molecule has 3 nitrogen and oxygen atoms in total. The van der Waals surface area contributed by atoms with Gasteiger partial charge in [-0.3, -0.25) is 4.79 Å². The van der Waals surface area contributed by atoms with Gasteiger partial charge < -0.3 is 9.47 Å². The van der Waals surface area contributed by atoms with Crippen molar-refractivity contribution in [1.29, 1.82) is 0 Å². The van der Waals surface area contributed by atoms with Crippen molar-refractivity contribution >= 4 is 5.97 Å². The first-order valence-electron chi connectivity index (χ1n) is 5.77. The number of ether oxygens (including phenoxy) is 2. The zero-order valence-electron chi connectivity index (χ0n) is 9.59. The van der Waals surface area contributed by atoms with Gasteiger partial charge in [0.25, 0.3) is 0 Å². The molecule has 0 amide bonds. The zero-order valence-corrected chi connectivity index (χ0v) is 9.59. The maximum atomic E-state index is 11.8. The lowest BCUT2D eigenvalue weighted by Gasteiger charge is -2.21. The fourth-order valence-electron chi connectivity index (χ4n) is 1.71. The van der Waals surface area contributed by atoms with Crippen molar-refractivity contribution < 1.29 is 27.4 Å². The van der Waals surface area contributed by atoms with E-state index < -0.39 is 25.2 Å². The Hall–Kier alpha value is -0.780. The molecule has 0 aromatic carbocycles. The molecule has 0 unspecified atom stereocenters. The molecule has 1 aliphatic heterocycles. The van der Waals surface area contributed by atoms with E-state index in [0.29, 0.717) is 25.6 Å². The van der Waals surface area contributed by atoms with E-state index in [1.807, 2.05) is 0 Å². The molecule has 0 bridgehead atoms. The van der Waals surface area contributed by atoms with Gasteiger partial charge in [-0.1, -0.05) is 0 Å². The van der Waals surface area contributed by atoms with Gasteiger partial charge in [0, 0.05) is 19.6 Å². The minimum absolute atomic E-state index is 0.197. The van der Waals surface area contributed by atoms with Crippen molar-refractivity contribution in [1.82, 2.24) is 0 Å². The summed E-state index contributed by atoms with van der Waals surface area (Å²) in [6, 6.07) is 0. The quantitative estimate of drug-likeness (QED) is 0.707. The number of hydrogen-bond donors (Lipinski definition) is 0. The maximum absolute atomic E-state index is 11.8. The van der Waals surface area contributed by atoms with Crippen molar-refractivity contribution in [3.8, 4) is 0 Å². The van der Waals surface area contributed by atoms with E-state index in [1.165, 1.54) is 0 Å². The second-order valence-corrected chi connectivity index (χ2v) is 4.18. The van der Waals surface area contributed by atoms with E-state index in [9.17, 15) is 18.0 Å². The van der Waals surface area contributed by atoms with Crippen LogP contribution in [-0.2, 0) is 14.3 Å². The van der Waals surface area contributed by atoms with Crippen LogP contribution < -0.4 is 0 Å². The van der Waals surface area contributed by atoms with Crippen molar-refractivity contribution in [3.63, 3.8) is 0 Å². The van der Waals surface area contributed by atoms with Gasteiger partial charge in [-0.25, -0.2) is 0 Å². The van der Waals surface area contributed by atoms with Crippen molar-refractivity contribution in [3.05, 3.63) is 0 Å². The highest BCUT2D eigenvalue weighted by atomic mass is 19.4. The van der Waals surface area contributed by atoms with Crippen LogP contribution in [0.3, 0.4) is 0 Å². The van der Waals surface area contributed by atoms with Crippen molar-refractivity contribution in [2.24, 2.45) is 5.92 Å². The molecule has 0 N–H and O–H groups in total. The second-order valence-electron chi connectivity index (χ2n) is 4.18. The van der Waals surface area contributed by atoms with Crippen LogP contribution in [0.2, 0.25) is 0 Å². The summed E-state index contributed by atoms with van der Waals surface area (Å²) in [5.41, 5.74) is 0. The summed E-state index contributed by atoms with van der Waals surface area (Å²) in [6.45, 7) is 0.831. The highest BCUT2D eigenvalue weighted by molar-refractivity contribution is 5.69. The fraction of sp³-hybridized carbons (Fsp3) is 0.909. The lowest BCUT2D eigenvalue weighted by Crippen LogP contribution is -2.18. The average Bonchev–Trinajstić information content (AvgIpc) is 2.26. The summed E-state index contributed by atoms with van der Waals surface area (Å²) in [5, 5.41) is 0. The van der Waals surface area contributed by atoms with Crippen LogP contribution in [0.1, 0.15) is 32.1 Å². The molecule has 0 aromatic rings. The molecule has 100 valence electrons. The van der Waals surface area contributed by atoms with Gasteiger partial charge in [0.15, 0.2) is 0 Å². The Morgan fingerprint density at radius 1 is 1.29 bits per heavy atom. The third-order valence-corrected chi connectivity index (χ3v) is 2.75. The Kier molecular flexibility index (Phi) is 5.74. The van der Waals surface area contributed by atoms with Gasteiger partial charge in [0.05, 0.1) is 13.0 Å². The van der Waals surface area contributed by atoms with E-state index in [-0.39, 0.29) is 6.42 Å². The molecule has 0 radical (unpaired) electrons. The first-order valence-corrected chi connectivity index (χ1v) is 5.77. The fourth-order valence-corrected chi connectivity index (χ4v) is 1.71. The number of halogens is 3. The van der Waals surface area contributed by atoms with Crippen LogP contribution in [0, 0.1) is 5.92 Å². The second kappa shape index (κ2) is 6.83. The molecule has 1 rings (SSSR count). The molecular weight excluding hydrogens is 237 g/mol. The average molecular weight is 254 g/mol. The third-order valence-electron chi connectivity index (χ3n) is 2.75. The molecule has 1 heterocycles. The standard InChI is InChI=1S/C11H17F3O3/c12-11(13,14)5-8-17-10(15)2-1-9-3-6-16-7-4-9/h9H,1-8H2. The largest absolute Gasteiger partial charge is 0.465 e. The van der Waals surface area contributed by atoms with Crippen LogP contribution in [0.25, 0.3) is 0 Å².